The second-order valence-corrected chi connectivity index (χ2v) is 7.37. The summed E-state index contributed by atoms with van der Waals surface area (Å²) in [5, 5.41) is 1.49. The van der Waals surface area contributed by atoms with E-state index in [1.807, 2.05) is 12.1 Å². The van der Waals surface area contributed by atoms with Crippen LogP contribution in [0.3, 0.4) is 0 Å². The monoisotopic (exact) mass is 331 g/mol. The summed E-state index contributed by atoms with van der Waals surface area (Å²) >= 11 is 12.6. The summed E-state index contributed by atoms with van der Waals surface area (Å²) in [4.78, 5) is 2.51. The molecule has 1 fully saturated rings. The zero-order chi connectivity index (χ0) is 15.3. The molecule has 3 atom stereocenters. The Morgan fingerprint density at radius 3 is 2.55 bits per heavy atom. The highest BCUT2D eigenvalue weighted by Crippen LogP contribution is 2.49. The fraction of sp³-hybridized carbons (Fsp3) is 0.368. The Bertz CT molecular complexity index is 712. The maximum atomic E-state index is 6.51. The molecule has 1 nitrogen and oxygen atoms in total. The van der Waals surface area contributed by atoms with Crippen LogP contribution < -0.4 is 0 Å². The van der Waals surface area contributed by atoms with Crippen LogP contribution in [-0.2, 0) is 0 Å². The minimum Gasteiger partial charge on any atom is -0.303 e. The first-order valence-corrected chi connectivity index (χ1v) is 8.65. The van der Waals surface area contributed by atoms with Crippen molar-refractivity contribution < 1.29 is 0 Å². The lowest BCUT2D eigenvalue weighted by Crippen LogP contribution is -2.34. The van der Waals surface area contributed by atoms with Crippen LogP contribution in [0.2, 0.25) is 10.0 Å². The lowest BCUT2D eigenvalue weighted by molar-refractivity contribution is 0.265. The van der Waals surface area contributed by atoms with Crippen molar-refractivity contribution in [2.45, 2.75) is 30.7 Å². The molecule has 1 aliphatic carbocycles. The molecule has 0 N–H and O–H groups in total. The standard InChI is InChI=1S/C19H19Cl2N/c1-22-9-8-16-13-4-2-3-5-14(13)17(11-19(16)22)15-7-6-12(20)10-18(15)21/h2-7,10,16-17,19H,8-9,11H2,1H3/t16-,17-,19-/m1/s1. The quantitative estimate of drug-likeness (QED) is 0.683. The SMILES string of the molecule is CN1CC[C@@H]2c3ccccc3[C@H](c3ccc(Cl)cc3Cl)C[C@H]21. The van der Waals surface area contributed by atoms with Crippen LogP contribution in [0.5, 0.6) is 0 Å². The number of halogens is 2. The van der Waals surface area contributed by atoms with Gasteiger partial charge in [-0.2, -0.15) is 0 Å². The van der Waals surface area contributed by atoms with E-state index < -0.39 is 0 Å². The first-order valence-electron chi connectivity index (χ1n) is 7.89. The summed E-state index contributed by atoms with van der Waals surface area (Å²) < 4.78 is 0. The average molecular weight is 332 g/mol. The number of likely N-dealkylation sites (N-methyl/N-ethyl adjacent to an activating group) is 1. The number of nitrogens with zero attached hydrogens (tertiary/aromatic N) is 1. The molecular formula is C19H19Cl2N. The van der Waals surface area contributed by atoms with Gasteiger partial charge >= 0.3 is 0 Å². The molecule has 0 amide bonds. The van der Waals surface area contributed by atoms with E-state index in [9.17, 15) is 0 Å². The predicted molar refractivity (Wildman–Crippen MR) is 93.1 cm³/mol. The van der Waals surface area contributed by atoms with Crippen LogP contribution in [0.1, 0.15) is 41.4 Å². The molecule has 22 heavy (non-hydrogen) atoms. The molecule has 0 bridgehead atoms. The van der Waals surface area contributed by atoms with Gasteiger partial charge in [0, 0.05) is 27.9 Å². The fourth-order valence-electron chi connectivity index (χ4n) is 4.33. The van der Waals surface area contributed by atoms with Gasteiger partial charge in [0.15, 0.2) is 0 Å². The fourth-order valence-corrected chi connectivity index (χ4v) is 4.87. The molecule has 4 rings (SSSR count). The number of benzene rings is 2. The Kier molecular flexibility index (Phi) is 3.68. The highest BCUT2D eigenvalue weighted by molar-refractivity contribution is 6.35. The van der Waals surface area contributed by atoms with E-state index in [1.165, 1.54) is 29.7 Å². The van der Waals surface area contributed by atoms with Gasteiger partial charge in [0.2, 0.25) is 0 Å². The molecule has 0 unspecified atom stereocenters. The van der Waals surface area contributed by atoms with E-state index in [2.05, 4.69) is 42.3 Å². The van der Waals surface area contributed by atoms with E-state index in [-0.39, 0.29) is 0 Å². The van der Waals surface area contributed by atoms with Gasteiger partial charge in [-0.25, -0.2) is 0 Å². The number of hydrogen-bond acceptors (Lipinski definition) is 1. The molecule has 0 radical (unpaired) electrons. The number of rotatable bonds is 1. The van der Waals surface area contributed by atoms with Gasteiger partial charge in [0.25, 0.3) is 0 Å². The highest BCUT2D eigenvalue weighted by atomic mass is 35.5. The van der Waals surface area contributed by atoms with E-state index >= 15 is 0 Å². The highest BCUT2D eigenvalue weighted by Gasteiger charge is 2.41. The smallest absolute Gasteiger partial charge is 0.0459 e. The average Bonchev–Trinajstić information content (AvgIpc) is 2.88. The second-order valence-electron chi connectivity index (χ2n) is 6.53. The molecular weight excluding hydrogens is 313 g/mol. The third-order valence-electron chi connectivity index (χ3n) is 5.41. The van der Waals surface area contributed by atoms with Crippen LogP contribution in [0, 0.1) is 0 Å². The van der Waals surface area contributed by atoms with Crippen LogP contribution in [0.15, 0.2) is 42.5 Å². The molecule has 2 aliphatic rings. The van der Waals surface area contributed by atoms with Crippen LogP contribution in [0.4, 0.5) is 0 Å². The van der Waals surface area contributed by atoms with Gasteiger partial charge in [-0.1, -0.05) is 53.5 Å². The third-order valence-corrected chi connectivity index (χ3v) is 5.97. The molecule has 114 valence electrons. The lowest BCUT2D eigenvalue weighted by Gasteiger charge is -2.37. The van der Waals surface area contributed by atoms with Crippen LogP contribution in [0.25, 0.3) is 0 Å². The van der Waals surface area contributed by atoms with Crippen molar-refractivity contribution in [3.05, 3.63) is 69.2 Å². The Morgan fingerprint density at radius 1 is 1.00 bits per heavy atom. The maximum absolute atomic E-state index is 6.51. The second kappa shape index (κ2) is 5.56. The van der Waals surface area contributed by atoms with Crippen LogP contribution >= 0.6 is 23.2 Å². The van der Waals surface area contributed by atoms with Crippen molar-refractivity contribution in [1.82, 2.24) is 4.90 Å². The Hall–Kier alpha value is -1.02. The van der Waals surface area contributed by atoms with Crippen molar-refractivity contribution in [1.29, 1.82) is 0 Å². The minimum absolute atomic E-state index is 0.364. The zero-order valence-electron chi connectivity index (χ0n) is 12.6. The van der Waals surface area contributed by atoms with Gasteiger partial charge in [0.1, 0.15) is 0 Å². The number of fused-ring (bicyclic) bond motifs is 3. The van der Waals surface area contributed by atoms with Crippen molar-refractivity contribution >= 4 is 23.2 Å². The van der Waals surface area contributed by atoms with Gasteiger partial charge in [-0.05, 0) is 55.3 Å². The Morgan fingerprint density at radius 2 is 1.77 bits per heavy atom. The van der Waals surface area contributed by atoms with Crippen molar-refractivity contribution in [3.63, 3.8) is 0 Å². The van der Waals surface area contributed by atoms with E-state index in [4.69, 9.17) is 23.2 Å². The van der Waals surface area contributed by atoms with Gasteiger partial charge < -0.3 is 4.90 Å². The van der Waals surface area contributed by atoms with Crippen molar-refractivity contribution in [3.8, 4) is 0 Å². The van der Waals surface area contributed by atoms with E-state index in [1.54, 1.807) is 0 Å². The van der Waals surface area contributed by atoms with Gasteiger partial charge in [-0.15, -0.1) is 0 Å². The molecule has 2 aromatic carbocycles. The minimum atomic E-state index is 0.364. The molecule has 2 aromatic rings. The first-order chi connectivity index (χ1) is 10.6. The summed E-state index contributed by atoms with van der Waals surface area (Å²) in [6.45, 7) is 1.19. The van der Waals surface area contributed by atoms with Gasteiger partial charge in [0.05, 0.1) is 0 Å². The van der Waals surface area contributed by atoms with Gasteiger partial charge in [-0.3, -0.25) is 0 Å². The van der Waals surface area contributed by atoms with Crippen molar-refractivity contribution in [2.24, 2.45) is 0 Å². The lowest BCUT2D eigenvalue weighted by atomic mass is 9.71. The van der Waals surface area contributed by atoms with E-state index in [0.29, 0.717) is 22.9 Å². The summed E-state index contributed by atoms with van der Waals surface area (Å²) in [6.07, 6.45) is 2.40. The Labute approximate surface area is 141 Å². The molecule has 3 heteroatoms. The molecule has 0 saturated carbocycles. The predicted octanol–water partition coefficient (Wildman–Crippen LogP) is 5.32. The molecule has 1 aliphatic heterocycles. The summed E-state index contributed by atoms with van der Waals surface area (Å²) in [5.74, 6) is 1.03. The molecule has 1 heterocycles. The Balaban J connectivity index is 1.84. The normalized spacial score (nSPS) is 27.5. The van der Waals surface area contributed by atoms with E-state index in [0.717, 1.165) is 11.4 Å². The summed E-state index contributed by atoms with van der Waals surface area (Å²) in [5.41, 5.74) is 4.17. The molecule has 1 saturated heterocycles. The number of hydrogen-bond donors (Lipinski definition) is 0. The maximum Gasteiger partial charge on any atom is 0.0459 e. The first kappa shape index (κ1) is 14.6. The molecule has 0 spiro atoms. The topological polar surface area (TPSA) is 3.24 Å². The summed E-state index contributed by atoms with van der Waals surface area (Å²) in [7, 11) is 2.25. The molecule has 0 aromatic heterocycles. The van der Waals surface area contributed by atoms with Crippen molar-refractivity contribution in [2.75, 3.05) is 13.6 Å². The largest absolute Gasteiger partial charge is 0.303 e. The third kappa shape index (κ3) is 2.27. The summed E-state index contributed by atoms with van der Waals surface area (Å²) in [6, 6.07) is 15.4. The van der Waals surface area contributed by atoms with Crippen LogP contribution in [-0.4, -0.2) is 24.5 Å². The number of likely N-dealkylation sites (tertiary alicyclic amines) is 1. The zero-order valence-corrected chi connectivity index (χ0v) is 14.1.